The fourth-order valence-electron chi connectivity index (χ4n) is 2.03. The van der Waals surface area contributed by atoms with Crippen molar-refractivity contribution in [3.8, 4) is 23.0 Å². The number of pyridine rings is 2. The molecule has 18 nitrogen and oxygen atoms in total. The van der Waals surface area contributed by atoms with Crippen molar-refractivity contribution < 1.29 is 84.7 Å². The summed E-state index contributed by atoms with van der Waals surface area (Å²) in [5, 5.41) is 64.2. The molecule has 44 heavy (non-hydrogen) atoms. The molecule has 4 rings (SSSR count). The first kappa shape index (κ1) is 53.5. The number of hydrogen-bond acceptors (Lipinski definition) is 16. The third kappa shape index (κ3) is 23.4. The van der Waals surface area contributed by atoms with Crippen LogP contribution in [0.1, 0.15) is 0 Å². The van der Waals surface area contributed by atoms with Crippen LogP contribution in [0.15, 0.2) is 59.1 Å². The molecular formula is C22H34Co2N8O10S2+2. The van der Waals surface area contributed by atoms with Gasteiger partial charge in [0.2, 0.25) is 0 Å². The molecule has 22 heteroatoms. The molecule has 0 unspecified atom stereocenters. The molecule has 0 amide bonds. The van der Waals surface area contributed by atoms with E-state index in [1.54, 1.807) is 36.7 Å². The smallest absolute Gasteiger partial charge is 0.549 e. The molecule has 2 radical (unpaired) electrons. The molecule has 4 aromatic heterocycles. The Morgan fingerprint density at radius 3 is 1.61 bits per heavy atom. The van der Waals surface area contributed by atoms with Gasteiger partial charge in [0.05, 0.1) is 28.5 Å². The second-order valence-electron chi connectivity index (χ2n) is 5.59. The van der Waals surface area contributed by atoms with E-state index in [9.17, 15) is 19.8 Å². The molecule has 0 bridgehead atoms. The minimum atomic E-state index is -1.16. The van der Waals surface area contributed by atoms with Crippen LogP contribution in [-0.4, -0.2) is 103 Å². The third-order valence-corrected chi connectivity index (χ3v) is 4.91. The summed E-state index contributed by atoms with van der Waals surface area (Å²) in [4.78, 5) is 36.6. The van der Waals surface area contributed by atoms with Crippen LogP contribution in [0, 0.1) is 0 Å². The van der Waals surface area contributed by atoms with E-state index in [2.05, 4.69) is 40.3 Å². The van der Waals surface area contributed by atoms with Crippen LogP contribution in [0.3, 0.4) is 0 Å². The van der Waals surface area contributed by atoms with Crippen molar-refractivity contribution in [2.24, 2.45) is 0 Å². The number of carboxylic acids is 2. The monoisotopic (exact) mass is 752 g/mol. The van der Waals surface area contributed by atoms with Crippen LogP contribution < -0.4 is 20.3 Å². The number of nitrogens with zero attached hydrogens (tertiary/aromatic N) is 8. The summed E-state index contributed by atoms with van der Waals surface area (Å²) in [5.41, 5.74) is 1.21. The number of rotatable bonds is 8. The van der Waals surface area contributed by atoms with Crippen LogP contribution >= 0.6 is 23.5 Å². The minimum Gasteiger partial charge on any atom is -0.549 e. The predicted molar refractivity (Wildman–Crippen MR) is 151 cm³/mol. The largest absolute Gasteiger partial charge is 2.00 e. The Bertz CT molecular complexity index is 1090. The van der Waals surface area contributed by atoms with Gasteiger partial charge < -0.3 is 76.4 Å². The zero-order chi connectivity index (χ0) is 30.8. The molecular weight excluding hydrogens is 718 g/mol. The Morgan fingerprint density at radius 2 is 1.18 bits per heavy atom. The summed E-state index contributed by atoms with van der Waals surface area (Å²) in [6.45, 7) is 0. The van der Waals surface area contributed by atoms with Crippen LogP contribution in [0.4, 0.5) is 0 Å². The van der Waals surface area contributed by atoms with Crippen LogP contribution in [-0.2, 0) is 54.1 Å². The van der Waals surface area contributed by atoms with Crippen molar-refractivity contribution in [1.82, 2.24) is 40.3 Å². The maximum atomic E-state index is 10.2. The van der Waals surface area contributed by atoms with Gasteiger partial charge in [0.15, 0.2) is 0 Å². The predicted octanol–water partition coefficient (Wildman–Crippen LogP) is -4.74. The fourth-order valence-corrected chi connectivity index (χ4v) is 3.02. The van der Waals surface area contributed by atoms with Gasteiger partial charge >= 0.3 is 33.6 Å². The zero-order valence-electron chi connectivity index (χ0n) is 23.7. The van der Waals surface area contributed by atoms with E-state index >= 15 is 0 Å². The van der Waals surface area contributed by atoms with Gasteiger partial charge in [0.25, 0.3) is 0 Å². The molecule has 0 fully saturated rings. The number of aliphatic hydroxyl groups is 4. The first-order valence-electron chi connectivity index (χ1n) is 10.5. The number of aliphatic hydroxyl groups excluding tert-OH is 4. The maximum absolute atomic E-state index is 10.2. The Labute approximate surface area is 281 Å². The Balaban J connectivity index is -0.000000124. The van der Waals surface area contributed by atoms with Gasteiger partial charge in [-0.15, -0.1) is 23.5 Å². The van der Waals surface area contributed by atoms with Crippen molar-refractivity contribution in [1.29, 1.82) is 0 Å². The van der Waals surface area contributed by atoms with Crippen molar-refractivity contribution >= 4 is 35.5 Å². The second kappa shape index (κ2) is 36.2. The molecule has 4 heterocycles. The first-order valence-corrected chi connectivity index (χ1v) is 12.5. The first-order chi connectivity index (χ1) is 19.5. The van der Waals surface area contributed by atoms with E-state index in [1.807, 2.05) is 12.1 Å². The number of thioether (sulfide) groups is 2. The van der Waals surface area contributed by atoms with E-state index in [1.165, 1.54) is 0 Å². The average molecular weight is 753 g/mol. The van der Waals surface area contributed by atoms with Gasteiger partial charge in [-0.1, -0.05) is 12.1 Å². The summed E-state index contributed by atoms with van der Waals surface area (Å²) in [7, 11) is 4.00. The normalized spacial score (nSPS) is 8.00. The van der Waals surface area contributed by atoms with Crippen molar-refractivity contribution in [3.63, 3.8) is 0 Å². The van der Waals surface area contributed by atoms with Crippen LogP contribution in [0.5, 0.6) is 0 Å². The number of carbonyl (C=O) groups excluding carboxylic acids is 2. The van der Waals surface area contributed by atoms with Gasteiger partial charge in [-0.2, -0.15) is 0 Å². The molecule has 250 valence electrons. The quantitative estimate of drug-likeness (QED) is 0.0969. The van der Waals surface area contributed by atoms with Gasteiger partial charge in [-0.05, 0) is 30.1 Å². The molecule has 0 aliphatic rings. The third-order valence-electron chi connectivity index (χ3n) is 3.29. The van der Waals surface area contributed by atoms with Crippen molar-refractivity contribution in [2.45, 2.75) is 10.3 Å². The molecule has 10 N–H and O–H groups in total. The Kier molecular flexibility index (Phi) is 44.0. The molecule has 4 aromatic rings. The number of aromatic nitrogens is 8. The Hall–Kier alpha value is -3.01. The Morgan fingerprint density at radius 1 is 0.727 bits per heavy atom. The number of aliphatic carboxylic acids is 2. The van der Waals surface area contributed by atoms with Crippen molar-refractivity contribution in [3.05, 3.63) is 48.8 Å². The second-order valence-corrected chi connectivity index (χ2v) is 7.47. The molecule has 0 aliphatic carbocycles. The standard InChI is InChI=1S/2C9H8N4O2S.4CH4O.2Co.2H2O/c2*14-7(15)5-16-9-11-8(12-13-9)6-3-1-2-4-10-6;4*1-2;;;;/h2*1-4H,5H2,(H2,10,11,12,13,14,15);4*2H,1H3;;;2*1H2/q;;;;;;2*+2;;/p-2. The molecule has 0 aliphatic heterocycles. The fraction of sp³-hybridized carbons (Fsp3) is 0.273. The van der Waals surface area contributed by atoms with E-state index in [0.717, 1.165) is 52.0 Å². The maximum Gasteiger partial charge on any atom is 2.00 e. The molecule has 0 aromatic carbocycles. The summed E-state index contributed by atoms with van der Waals surface area (Å²) in [5.74, 6) is -1.91. The van der Waals surface area contributed by atoms with Gasteiger partial charge in [0, 0.05) is 63.3 Å². The summed E-state index contributed by atoms with van der Waals surface area (Å²) in [6.07, 6.45) is 3.25. The minimum absolute atomic E-state index is 0. The molecule has 0 atom stereocenters. The van der Waals surface area contributed by atoms with Crippen LogP contribution in [0.25, 0.3) is 23.0 Å². The SMILES string of the molecule is CO.CO.CO.CO.O=C([O-])CSc1n[n-]c(-c2ccccn2)n1.O=C([O-])CSc1nnc(-c2ccccn2)[n-]1.[Co+2].[Co+2].[OH3+].[OH3+]. The topological polar surface area (TPSA) is 333 Å². The van der Waals surface area contributed by atoms with Crippen molar-refractivity contribution in [2.75, 3.05) is 39.9 Å². The van der Waals surface area contributed by atoms with E-state index in [0.29, 0.717) is 33.3 Å². The number of carbonyl (C=O) groups is 2. The molecule has 0 saturated carbocycles. The molecule has 0 saturated heterocycles. The summed E-state index contributed by atoms with van der Waals surface area (Å²) < 4.78 is 0. The summed E-state index contributed by atoms with van der Waals surface area (Å²) >= 11 is 1.94. The van der Waals surface area contributed by atoms with E-state index < -0.39 is 11.9 Å². The van der Waals surface area contributed by atoms with Gasteiger partial charge in [0.1, 0.15) is 0 Å². The number of hydrogen-bond donors (Lipinski definition) is 4. The average Bonchev–Trinajstić information content (AvgIpc) is 3.71. The zero-order valence-corrected chi connectivity index (χ0v) is 27.4. The van der Waals surface area contributed by atoms with Gasteiger partial charge in [-0.25, -0.2) is 0 Å². The summed E-state index contributed by atoms with van der Waals surface area (Å²) in [6, 6.07) is 10.7. The van der Waals surface area contributed by atoms with Gasteiger partial charge in [-0.3, -0.25) is 15.1 Å². The molecule has 0 spiro atoms. The number of carboxylic acid groups (broad SMARTS) is 2. The van der Waals surface area contributed by atoms with E-state index in [-0.39, 0.29) is 56.0 Å². The van der Waals surface area contributed by atoms with Crippen LogP contribution in [0.2, 0.25) is 0 Å². The van der Waals surface area contributed by atoms with E-state index in [4.69, 9.17) is 20.4 Å².